The Kier molecular flexibility index (Phi) is 3.48. The number of rotatable bonds is 4. The number of amides is 1. The molecule has 0 aromatic carbocycles. The number of carbonyl (C=O) groups is 2. The van der Waals surface area contributed by atoms with Gasteiger partial charge in [-0.3, -0.25) is 9.59 Å². The highest BCUT2D eigenvalue weighted by Gasteiger charge is 2.48. The molecule has 2 N–H and O–H groups in total. The fourth-order valence-corrected chi connectivity index (χ4v) is 2.31. The van der Waals surface area contributed by atoms with Crippen LogP contribution in [-0.4, -0.2) is 22.0 Å². The third-order valence-electron chi connectivity index (χ3n) is 2.70. The quantitative estimate of drug-likeness (QED) is 0.882. The monoisotopic (exact) mass is 294 g/mol. The molecule has 2 atom stereocenters. The van der Waals surface area contributed by atoms with Gasteiger partial charge in [-0.1, -0.05) is 0 Å². The summed E-state index contributed by atoms with van der Waals surface area (Å²) in [7, 11) is 0. The predicted molar refractivity (Wildman–Crippen MR) is 58.2 cm³/mol. The Bertz CT molecular complexity index is 514. The second kappa shape index (κ2) is 4.80. The maximum absolute atomic E-state index is 12.3. The largest absolute Gasteiger partial charge is 0.481 e. The summed E-state index contributed by atoms with van der Waals surface area (Å²) in [6, 6.07) is 0. The Morgan fingerprint density at radius 1 is 1.47 bits per heavy atom. The summed E-state index contributed by atoms with van der Waals surface area (Å²) in [6.45, 7) is -0.123. The second-order valence-electron chi connectivity index (χ2n) is 4.13. The molecule has 0 radical (unpaired) electrons. The molecular weight excluding hydrogens is 285 g/mol. The number of carbonyl (C=O) groups excluding carboxylic acids is 1. The lowest BCUT2D eigenvalue weighted by atomic mass is 10.3. The van der Waals surface area contributed by atoms with Crippen molar-refractivity contribution in [2.75, 3.05) is 0 Å². The molecule has 2 rings (SSSR count). The predicted octanol–water partition coefficient (Wildman–Crippen LogP) is 1.50. The normalized spacial score (nSPS) is 22.1. The lowest BCUT2D eigenvalue weighted by Gasteiger charge is -2.02. The minimum atomic E-state index is -4.50. The van der Waals surface area contributed by atoms with Crippen LogP contribution < -0.4 is 5.32 Å². The third-order valence-corrected chi connectivity index (χ3v) is 3.55. The van der Waals surface area contributed by atoms with Crippen molar-refractivity contribution in [3.05, 3.63) is 16.1 Å². The molecule has 0 bridgehead atoms. The zero-order valence-corrected chi connectivity index (χ0v) is 10.2. The molecule has 0 aliphatic heterocycles. The summed E-state index contributed by atoms with van der Waals surface area (Å²) in [5.74, 6) is -2.76. The lowest BCUT2D eigenvalue weighted by molar-refractivity contribution is -0.141. The molecule has 1 saturated carbocycles. The first-order chi connectivity index (χ1) is 8.79. The number of alkyl halides is 3. The fourth-order valence-electron chi connectivity index (χ4n) is 1.57. The molecule has 0 spiro atoms. The highest BCUT2D eigenvalue weighted by molar-refractivity contribution is 7.09. The van der Waals surface area contributed by atoms with Gasteiger partial charge < -0.3 is 10.4 Å². The number of thiazole rings is 1. The van der Waals surface area contributed by atoms with E-state index in [0.29, 0.717) is 0 Å². The Hall–Kier alpha value is -1.64. The molecule has 1 fully saturated rings. The van der Waals surface area contributed by atoms with Gasteiger partial charge in [-0.2, -0.15) is 13.2 Å². The number of nitrogens with zero attached hydrogens (tertiary/aromatic N) is 1. The van der Waals surface area contributed by atoms with Crippen molar-refractivity contribution in [2.45, 2.75) is 19.1 Å². The SMILES string of the molecule is O=C(O)[C@H]1C[C@H]1C(=O)NCc1nc(C(F)(F)F)cs1. The van der Waals surface area contributed by atoms with E-state index in [1.165, 1.54) is 0 Å². The van der Waals surface area contributed by atoms with Crippen molar-refractivity contribution in [3.8, 4) is 0 Å². The van der Waals surface area contributed by atoms with E-state index in [2.05, 4.69) is 10.3 Å². The van der Waals surface area contributed by atoms with Gasteiger partial charge in [0.05, 0.1) is 18.4 Å². The molecule has 1 aliphatic carbocycles. The molecule has 1 aliphatic rings. The van der Waals surface area contributed by atoms with Crippen LogP contribution in [-0.2, 0) is 22.3 Å². The fraction of sp³-hybridized carbons (Fsp3) is 0.500. The Morgan fingerprint density at radius 2 is 2.16 bits per heavy atom. The van der Waals surface area contributed by atoms with Gasteiger partial charge in [0.2, 0.25) is 5.91 Å². The van der Waals surface area contributed by atoms with Crippen molar-refractivity contribution in [1.29, 1.82) is 0 Å². The molecule has 0 unspecified atom stereocenters. The molecular formula is C10H9F3N2O3S. The van der Waals surface area contributed by atoms with Crippen LogP contribution in [0.15, 0.2) is 5.38 Å². The molecule has 1 aromatic rings. The van der Waals surface area contributed by atoms with Crippen LogP contribution in [0.1, 0.15) is 17.1 Å². The van der Waals surface area contributed by atoms with Crippen molar-refractivity contribution >= 4 is 23.2 Å². The highest BCUT2D eigenvalue weighted by atomic mass is 32.1. The van der Waals surface area contributed by atoms with E-state index in [1.54, 1.807) is 0 Å². The van der Waals surface area contributed by atoms with Crippen LogP contribution in [0.2, 0.25) is 0 Å². The van der Waals surface area contributed by atoms with Crippen LogP contribution in [0.25, 0.3) is 0 Å². The van der Waals surface area contributed by atoms with E-state index in [0.717, 1.165) is 16.7 Å². The summed E-state index contributed by atoms with van der Waals surface area (Å²) >= 11 is 0.795. The minimum Gasteiger partial charge on any atom is -0.481 e. The summed E-state index contributed by atoms with van der Waals surface area (Å²) in [4.78, 5) is 25.4. The number of aromatic nitrogens is 1. The van der Waals surface area contributed by atoms with Gasteiger partial charge in [-0.05, 0) is 6.42 Å². The van der Waals surface area contributed by atoms with Crippen molar-refractivity contribution in [1.82, 2.24) is 10.3 Å². The van der Waals surface area contributed by atoms with Crippen molar-refractivity contribution in [2.24, 2.45) is 11.8 Å². The molecule has 0 saturated heterocycles. The number of carboxylic acids is 1. The molecule has 9 heteroatoms. The van der Waals surface area contributed by atoms with Crippen molar-refractivity contribution < 1.29 is 27.9 Å². The lowest BCUT2D eigenvalue weighted by Crippen LogP contribution is -2.26. The van der Waals surface area contributed by atoms with Crippen LogP contribution in [0.3, 0.4) is 0 Å². The average molecular weight is 294 g/mol. The summed E-state index contributed by atoms with van der Waals surface area (Å²) < 4.78 is 36.8. The van der Waals surface area contributed by atoms with E-state index >= 15 is 0 Å². The molecule has 5 nitrogen and oxygen atoms in total. The first-order valence-corrected chi connectivity index (χ1v) is 6.19. The van der Waals surface area contributed by atoms with Gasteiger partial charge in [-0.15, -0.1) is 11.3 Å². The Morgan fingerprint density at radius 3 is 2.63 bits per heavy atom. The van der Waals surface area contributed by atoms with Crippen LogP contribution in [0.5, 0.6) is 0 Å². The summed E-state index contributed by atoms with van der Waals surface area (Å²) in [6.07, 6.45) is -4.23. The topological polar surface area (TPSA) is 79.3 Å². The maximum Gasteiger partial charge on any atom is 0.434 e. The number of nitrogens with one attached hydrogen (secondary N) is 1. The summed E-state index contributed by atoms with van der Waals surface area (Å²) in [5, 5.41) is 12.0. The van der Waals surface area contributed by atoms with Crippen LogP contribution >= 0.6 is 11.3 Å². The van der Waals surface area contributed by atoms with E-state index in [9.17, 15) is 22.8 Å². The van der Waals surface area contributed by atoms with E-state index in [4.69, 9.17) is 5.11 Å². The van der Waals surface area contributed by atoms with Gasteiger partial charge in [-0.25, -0.2) is 4.98 Å². The molecule has 1 heterocycles. The molecule has 1 amide bonds. The molecule has 19 heavy (non-hydrogen) atoms. The third kappa shape index (κ3) is 3.22. The Balaban J connectivity index is 1.85. The first-order valence-electron chi connectivity index (χ1n) is 5.31. The second-order valence-corrected chi connectivity index (χ2v) is 5.07. The zero-order valence-electron chi connectivity index (χ0n) is 9.40. The smallest absolute Gasteiger partial charge is 0.434 e. The number of carboxylic acid groups (broad SMARTS) is 1. The molecule has 1 aromatic heterocycles. The van der Waals surface area contributed by atoms with Gasteiger partial charge in [0, 0.05) is 5.38 Å². The van der Waals surface area contributed by atoms with Crippen molar-refractivity contribution in [3.63, 3.8) is 0 Å². The van der Waals surface area contributed by atoms with Crippen LogP contribution in [0, 0.1) is 11.8 Å². The maximum atomic E-state index is 12.3. The first kappa shape index (κ1) is 13.8. The van der Waals surface area contributed by atoms with E-state index < -0.39 is 35.6 Å². The average Bonchev–Trinajstić information content (AvgIpc) is 2.96. The minimum absolute atomic E-state index is 0.123. The number of aliphatic carboxylic acids is 1. The number of hydrogen-bond donors (Lipinski definition) is 2. The van der Waals surface area contributed by atoms with Crippen LogP contribution in [0.4, 0.5) is 13.2 Å². The summed E-state index contributed by atoms with van der Waals surface area (Å²) in [5.41, 5.74) is -0.989. The van der Waals surface area contributed by atoms with Gasteiger partial charge in [0.1, 0.15) is 5.01 Å². The highest BCUT2D eigenvalue weighted by Crippen LogP contribution is 2.38. The van der Waals surface area contributed by atoms with E-state index in [1.807, 2.05) is 0 Å². The standard InChI is InChI=1S/C10H9F3N2O3S/c11-10(12,13)6-3-19-7(15-6)2-14-8(16)4-1-5(4)9(17)18/h3-5H,1-2H2,(H,14,16)(H,17,18)/t4-,5+/m1/s1. The zero-order chi connectivity index (χ0) is 14.2. The van der Waals surface area contributed by atoms with Gasteiger partial charge >= 0.3 is 12.1 Å². The number of halogens is 3. The van der Waals surface area contributed by atoms with Gasteiger partial charge in [0.15, 0.2) is 5.69 Å². The number of hydrogen-bond acceptors (Lipinski definition) is 4. The van der Waals surface area contributed by atoms with E-state index in [-0.39, 0.29) is 18.0 Å². The molecule has 104 valence electrons. The van der Waals surface area contributed by atoms with Gasteiger partial charge in [0.25, 0.3) is 0 Å². The Labute approximate surface area is 109 Å².